The largest absolute Gasteiger partial charge is 0.349 e. The zero-order valence-electron chi connectivity index (χ0n) is 8.04. The molecule has 0 aliphatic heterocycles. The van der Waals surface area contributed by atoms with Gasteiger partial charge in [-0.1, -0.05) is 0 Å². The quantitative estimate of drug-likeness (QED) is 0.504. The molecule has 0 aliphatic carbocycles. The lowest BCUT2D eigenvalue weighted by Gasteiger charge is -2.01. The number of aryl methyl sites for hydroxylation is 1. The van der Waals surface area contributed by atoms with Crippen LogP contribution in [-0.2, 0) is 6.42 Å². The first kappa shape index (κ1) is 10.9. The van der Waals surface area contributed by atoms with E-state index in [1.165, 1.54) is 11.9 Å². The van der Waals surface area contributed by atoms with Crippen molar-refractivity contribution in [3.63, 3.8) is 0 Å². The van der Waals surface area contributed by atoms with Gasteiger partial charge in [0.15, 0.2) is 0 Å². The molecule has 2 amide bonds. The molecule has 0 spiro atoms. The summed E-state index contributed by atoms with van der Waals surface area (Å²) in [5.74, 6) is 1.87. The lowest BCUT2D eigenvalue weighted by atomic mass is 10.3. The molecule has 78 valence electrons. The molecule has 0 aromatic carbocycles. The molecule has 5 nitrogen and oxygen atoms in total. The molecule has 0 unspecified atom stereocenters. The molecule has 0 atom stereocenters. The topological polar surface area (TPSA) is 69.8 Å². The van der Waals surface area contributed by atoms with Gasteiger partial charge in [-0.2, -0.15) is 0 Å². The van der Waals surface area contributed by atoms with Gasteiger partial charge in [0.05, 0.1) is 0 Å². The van der Waals surface area contributed by atoms with Crippen LogP contribution in [0.5, 0.6) is 0 Å². The molecular weight excluding hydrogens is 200 g/mol. The molecule has 0 saturated heterocycles. The maximum atomic E-state index is 10.7. The lowest BCUT2D eigenvalue weighted by Crippen LogP contribution is -2.27. The number of carbonyl (C=O) groups excluding carboxylic acids is 1. The van der Waals surface area contributed by atoms with E-state index in [9.17, 15) is 4.79 Å². The molecular formula is C8H14N4OS. The second-order valence-electron chi connectivity index (χ2n) is 2.67. The van der Waals surface area contributed by atoms with E-state index in [0.29, 0.717) is 0 Å². The summed E-state index contributed by atoms with van der Waals surface area (Å²) in [5, 5.41) is 2.48. The molecule has 1 rings (SSSR count). The van der Waals surface area contributed by atoms with Crippen LogP contribution in [0.3, 0.4) is 0 Å². The van der Waals surface area contributed by atoms with Crippen molar-refractivity contribution in [2.75, 3.05) is 12.8 Å². The van der Waals surface area contributed by atoms with E-state index in [4.69, 9.17) is 0 Å². The number of carbonyl (C=O) groups is 1. The normalized spacial score (nSPS) is 9.79. The third kappa shape index (κ3) is 4.18. The number of imidazole rings is 1. The van der Waals surface area contributed by atoms with Gasteiger partial charge in [-0.3, -0.25) is 4.72 Å². The van der Waals surface area contributed by atoms with Crippen LogP contribution in [0.2, 0.25) is 0 Å². The minimum atomic E-state index is -0.159. The van der Waals surface area contributed by atoms with Crippen LogP contribution in [0.25, 0.3) is 0 Å². The highest BCUT2D eigenvalue weighted by molar-refractivity contribution is 7.97. The van der Waals surface area contributed by atoms with Crippen molar-refractivity contribution in [1.82, 2.24) is 20.0 Å². The van der Waals surface area contributed by atoms with E-state index in [1.807, 2.05) is 6.20 Å². The summed E-state index contributed by atoms with van der Waals surface area (Å²) >= 11 is 1.40. The SMILES string of the molecule is CNC(=O)NSCCCc1ncc[nH]1. The summed E-state index contributed by atoms with van der Waals surface area (Å²) in [7, 11) is 1.60. The van der Waals surface area contributed by atoms with Crippen LogP contribution in [0, 0.1) is 0 Å². The highest BCUT2D eigenvalue weighted by Crippen LogP contribution is 2.01. The van der Waals surface area contributed by atoms with Gasteiger partial charge in [-0.25, -0.2) is 9.78 Å². The fourth-order valence-electron chi connectivity index (χ4n) is 0.914. The van der Waals surface area contributed by atoms with Gasteiger partial charge in [0, 0.05) is 31.6 Å². The van der Waals surface area contributed by atoms with E-state index in [2.05, 4.69) is 20.0 Å². The second-order valence-corrected chi connectivity index (χ2v) is 3.57. The number of nitrogens with one attached hydrogen (secondary N) is 3. The van der Waals surface area contributed by atoms with Gasteiger partial charge in [-0.05, 0) is 18.4 Å². The number of nitrogens with zero attached hydrogens (tertiary/aromatic N) is 1. The van der Waals surface area contributed by atoms with Crippen LogP contribution >= 0.6 is 11.9 Å². The lowest BCUT2D eigenvalue weighted by molar-refractivity contribution is 0.248. The van der Waals surface area contributed by atoms with Crippen molar-refractivity contribution in [2.45, 2.75) is 12.8 Å². The molecule has 1 aromatic heterocycles. The number of amides is 2. The Hall–Kier alpha value is -1.17. The molecule has 1 aromatic rings. The van der Waals surface area contributed by atoms with Crippen LogP contribution in [-0.4, -0.2) is 28.8 Å². The van der Waals surface area contributed by atoms with E-state index >= 15 is 0 Å². The van der Waals surface area contributed by atoms with Gasteiger partial charge in [0.1, 0.15) is 5.82 Å². The molecule has 0 aliphatic rings. The van der Waals surface area contributed by atoms with Crippen LogP contribution in [0.1, 0.15) is 12.2 Å². The van der Waals surface area contributed by atoms with E-state index < -0.39 is 0 Å². The van der Waals surface area contributed by atoms with E-state index in [1.54, 1.807) is 13.2 Å². The Morgan fingerprint density at radius 2 is 2.57 bits per heavy atom. The number of hydrogen-bond acceptors (Lipinski definition) is 3. The third-order valence-corrected chi connectivity index (χ3v) is 2.43. The Kier molecular flexibility index (Phi) is 4.92. The number of hydrogen-bond donors (Lipinski definition) is 3. The molecule has 0 saturated carbocycles. The smallest absolute Gasteiger partial charge is 0.324 e. The first-order valence-corrected chi connectivity index (χ1v) is 5.39. The number of aromatic amines is 1. The maximum absolute atomic E-state index is 10.7. The van der Waals surface area contributed by atoms with Crippen LogP contribution in [0.4, 0.5) is 4.79 Å². The Morgan fingerprint density at radius 1 is 1.71 bits per heavy atom. The maximum Gasteiger partial charge on any atom is 0.324 e. The fourth-order valence-corrected chi connectivity index (χ4v) is 1.54. The van der Waals surface area contributed by atoms with Crippen molar-refractivity contribution in [3.05, 3.63) is 18.2 Å². The van der Waals surface area contributed by atoms with Crippen molar-refractivity contribution in [2.24, 2.45) is 0 Å². The molecule has 6 heteroatoms. The fraction of sp³-hybridized carbons (Fsp3) is 0.500. The highest BCUT2D eigenvalue weighted by Gasteiger charge is 1.97. The third-order valence-electron chi connectivity index (χ3n) is 1.61. The van der Waals surface area contributed by atoms with Crippen molar-refractivity contribution in [1.29, 1.82) is 0 Å². The first-order valence-electron chi connectivity index (χ1n) is 4.40. The summed E-state index contributed by atoms with van der Waals surface area (Å²) in [4.78, 5) is 17.9. The minimum absolute atomic E-state index is 0.159. The Bertz CT molecular complexity index is 262. The van der Waals surface area contributed by atoms with E-state index in [0.717, 1.165) is 24.4 Å². The van der Waals surface area contributed by atoms with Gasteiger partial charge < -0.3 is 10.3 Å². The van der Waals surface area contributed by atoms with Crippen molar-refractivity contribution in [3.8, 4) is 0 Å². The van der Waals surface area contributed by atoms with Gasteiger partial charge >= 0.3 is 6.03 Å². The standard InChI is InChI=1S/C8H14N4OS/c1-9-8(13)12-14-6-2-3-7-10-4-5-11-7/h4-5H,2-3,6H2,1H3,(H,10,11)(H2,9,12,13). The zero-order chi connectivity index (χ0) is 10.2. The van der Waals surface area contributed by atoms with Crippen molar-refractivity contribution >= 4 is 18.0 Å². The molecule has 14 heavy (non-hydrogen) atoms. The van der Waals surface area contributed by atoms with Crippen LogP contribution in [0.15, 0.2) is 12.4 Å². The number of aromatic nitrogens is 2. The van der Waals surface area contributed by atoms with E-state index in [-0.39, 0.29) is 6.03 Å². The average Bonchev–Trinajstić information content (AvgIpc) is 2.69. The minimum Gasteiger partial charge on any atom is -0.349 e. The molecule has 1 heterocycles. The summed E-state index contributed by atoms with van der Waals surface area (Å²) in [6.07, 6.45) is 5.45. The Balaban J connectivity index is 1.97. The number of urea groups is 1. The Morgan fingerprint density at radius 3 is 3.21 bits per heavy atom. The van der Waals surface area contributed by atoms with Crippen LogP contribution < -0.4 is 10.0 Å². The zero-order valence-corrected chi connectivity index (χ0v) is 8.86. The van der Waals surface area contributed by atoms with Gasteiger partial charge in [-0.15, -0.1) is 0 Å². The summed E-state index contributed by atoms with van der Waals surface area (Å²) < 4.78 is 2.65. The predicted molar refractivity (Wildman–Crippen MR) is 57.0 cm³/mol. The number of rotatable bonds is 5. The summed E-state index contributed by atoms with van der Waals surface area (Å²) in [6, 6.07) is -0.159. The molecule has 0 fully saturated rings. The monoisotopic (exact) mass is 214 g/mol. The summed E-state index contributed by atoms with van der Waals surface area (Å²) in [6.45, 7) is 0. The van der Waals surface area contributed by atoms with Gasteiger partial charge in [0.25, 0.3) is 0 Å². The molecule has 3 N–H and O–H groups in total. The first-order chi connectivity index (χ1) is 6.83. The van der Waals surface area contributed by atoms with Crippen molar-refractivity contribution < 1.29 is 4.79 Å². The average molecular weight is 214 g/mol. The predicted octanol–water partition coefficient (Wildman–Crippen LogP) is 0.919. The number of H-pyrrole nitrogens is 1. The summed E-state index contributed by atoms with van der Waals surface area (Å²) in [5.41, 5.74) is 0. The van der Waals surface area contributed by atoms with Gasteiger partial charge in [0.2, 0.25) is 0 Å². The highest BCUT2D eigenvalue weighted by atomic mass is 32.2. The molecule has 0 bridgehead atoms. The Labute approximate surface area is 87.2 Å². The second kappa shape index (κ2) is 6.31. The molecule has 0 radical (unpaired) electrons.